The van der Waals surface area contributed by atoms with Crippen molar-refractivity contribution in [2.24, 2.45) is 0 Å². The second-order valence-corrected chi connectivity index (χ2v) is 10.5. The number of methoxy groups -OCH3 is 1. The second kappa shape index (κ2) is 4.66. The van der Waals surface area contributed by atoms with Crippen molar-refractivity contribution < 1.29 is 4.74 Å². The van der Waals surface area contributed by atoms with Crippen LogP contribution in [0.25, 0.3) is 5.57 Å². The lowest BCUT2D eigenvalue weighted by Gasteiger charge is -2.17. The monoisotopic (exact) mass is 220 g/mol. The van der Waals surface area contributed by atoms with Gasteiger partial charge < -0.3 is 4.74 Å². The Morgan fingerprint density at radius 2 is 1.73 bits per heavy atom. The Bertz CT molecular complexity index is 333. The van der Waals surface area contributed by atoms with Crippen molar-refractivity contribution in [1.82, 2.24) is 0 Å². The first kappa shape index (κ1) is 12.0. The van der Waals surface area contributed by atoms with E-state index < -0.39 is 8.07 Å². The summed E-state index contributed by atoms with van der Waals surface area (Å²) >= 11 is 0. The maximum atomic E-state index is 5.13. The minimum atomic E-state index is -1.06. The van der Waals surface area contributed by atoms with Crippen molar-refractivity contribution in [3.05, 3.63) is 36.4 Å². The van der Waals surface area contributed by atoms with Crippen LogP contribution >= 0.6 is 0 Å². The molecule has 2 heteroatoms. The number of ether oxygens (including phenoxy) is 1. The van der Waals surface area contributed by atoms with Crippen LogP contribution < -0.4 is 4.74 Å². The number of hydrogen-bond acceptors (Lipinski definition) is 1. The van der Waals surface area contributed by atoms with Gasteiger partial charge in [0.15, 0.2) is 0 Å². The zero-order chi connectivity index (χ0) is 11.5. The molecular weight excluding hydrogens is 200 g/mol. The van der Waals surface area contributed by atoms with Crippen LogP contribution in [-0.2, 0) is 0 Å². The molecule has 0 bridgehead atoms. The molecule has 15 heavy (non-hydrogen) atoms. The van der Waals surface area contributed by atoms with Gasteiger partial charge in [0.25, 0.3) is 0 Å². The third-order valence-corrected chi connectivity index (χ3v) is 3.73. The summed E-state index contributed by atoms with van der Waals surface area (Å²) in [6, 6.07) is 9.30. The molecule has 0 atom stereocenters. The topological polar surface area (TPSA) is 9.23 Å². The van der Waals surface area contributed by atoms with Gasteiger partial charge in [-0.05, 0) is 23.7 Å². The summed E-state index contributed by atoms with van der Waals surface area (Å²) in [6.07, 6.45) is 0. The Morgan fingerprint density at radius 3 is 2.13 bits per heavy atom. The van der Waals surface area contributed by atoms with Crippen LogP contribution in [0.1, 0.15) is 5.56 Å². The van der Waals surface area contributed by atoms with Crippen molar-refractivity contribution in [3.63, 3.8) is 0 Å². The molecule has 1 nitrogen and oxygen atoms in total. The molecule has 0 saturated carbocycles. The lowest BCUT2D eigenvalue weighted by atomic mass is 10.1. The Balaban J connectivity index is 2.75. The van der Waals surface area contributed by atoms with E-state index in [4.69, 9.17) is 4.74 Å². The lowest BCUT2D eigenvalue weighted by Crippen LogP contribution is -2.19. The average Bonchev–Trinajstić information content (AvgIpc) is 2.15. The van der Waals surface area contributed by atoms with Crippen molar-refractivity contribution in [3.8, 4) is 5.75 Å². The number of benzene rings is 1. The van der Waals surface area contributed by atoms with Gasteiger partial charge in [0.2, 0.25) is 0 Å². The van der Waals surface area contributed by atoms with E-state index in [9.17, 15) is 0 Å². The highest BCUT2D eigenvalue weighted by Crippen LogP contribution is 2.25. The fourth-order valence-electron chi connectivity index (χ4n) is 1.57. The number of rotatable bonds is 4. The summed E-state index contributed by atoms with van der Waals surface area (Å²) in [5, 5.41) is 0. The van der Waals surface area contributed by atoms with Gasteiger partial charge in [0.1, 0.15) is 5.75 Å². The number of allylic oxidation sites excluding steroid dienone is 1. The first-order valence-corrected chi connectivity index (χ1v) is 8.95. The molecule has 0 radical (unpaired) electrons. The first-order valence-electron chi connectivity index (χ1n) is 5.24. The van der Waals surface area contributed by atoms with Crippen LogP contribution in [0.4, 0.5) is 0 Å². The van der Waals surface area contributed by atoms with E-state index in [1.807, 2.05) is 12.1 Å². The normalized spacial score (nSPS) is 11.2. The fourth-order valence-corrected chi connectivity index (χ4v) is 3.05. The minimum absolute atomic E-state index is 0.902. The molecule has 0 N–H and O–H groups in total. The van der Waals surface area contributed by atoms with Gasteiger partial charge in [0.05, 0.1) is 7.11 Å². The maximum Gasteiger partial charge on any atom is 0.118 e. The molecule has 0 saturated heterocycles. The molecule has 0 fully saturated rings. The Kier molecular flexibility index (Phi) is 3.75. The van der Waals surface area contributed by atoms with Crippen LogP contribution in [0.2, 0.25) is 25.7 Å². The quantitative estimate of drug-likeness (QED) is 0.696. The van der Waals surface area contributed by atoms with Crippen LogP contribution in [0.3, 0.4) is 0 Å². The molecule has 0 aromatic heterocycles. The van der Waals surface area contributed by atoms with Crippen LogP contribution in [-0.4, -0.2) is 15.2 Å². The van der Waals surface area contributed by atoms with Gasteiger partial charge in [-0.1, -0.05) is 43.9 Å². The van der Waals surface area contributed by atoms with E-state index >= 15 is 0 Å². The Labute approximate surface area is 93.8 Å². The van der Waals surface area contributed by atoms with Crippen molar-refractivity contribution in [2.45, 2.75) is 25.7 Å². The average molecular weight is 220 g/mol. The minimum Gasteiger partial charge on any atom is -0.497 e. The predicted octanol–water partition coefficient (Wildman–Crippen LogP) is 4.05. The standard InChI is InChI=1S/C13H20OSi/c1-11(10-15(3,4)5)12-6-8-13(14-2)9-7-12/h6-9H,1,10H2,2-5H3. The van der Waals surface area contributed by atoms with Crippen molar-refractivity contribution >= 4 is 13.6 Å². The van der Waals surface area contributed by atoms with Gasteiger partial charge in [-0.3, -0.25) is 0 Å². The molecule has 0 heterocycles. The van der Waals surface area contributed by atoms with Crippen LogP contribution in [0, 0.1) is 0 Å². The molecule has 0 spiro atoms. The van der Waals surface area contributed by atoms with Gasteiger partial charge in [-0.15, -0.1) is 0 Å². The summed E-state index contributed by atoms with van der Waals surface area (Å²) in [6.45, 7) is 11.2. The van der Waals surface area contributed by atoms with Crippen LogP contribution in [0.15, 0.2) is 30.8 Å². The number of hydrogen-bond donors (Lipinski definition) is 0. The summed E-state index contributed by atoms with van der Waals surface area (Å²) in [5.41, 5.74) is 2.48. The third-order valence-electron chi connectivity index (χ3n) is 2.24. The van der Waals surface area contributed by atoms with Crippen molar-refractivity contribution in [1.29, 1.82) is 0 Å². The summed E-state index contributed by atoms with van der Waals surface area (Å²) in [7, 11) is 0.631. The van der Waals surface area contributed by atoms with Gasteiger partial charge >= 0.3 is 0 Å². The molecule has 1 aromatic carbocycles. The summed E-state index contributed by atoms with van der Waals surface area (Å²) < 4.78 is 5.13. The van der Waals surface area contributed by atoms with E-state index in [1.54, 1.807) is 7.11 Å². The molecule has 1 rings (SSSR count). The van der Waals surface area contributed by atoms with Gasteiger partial charge in [-0.25, -0.2) is 0 Å². The smallest absolute Gasteiger partial charge is 0.118 e. The lowest BCUT2D eigenvalue weighted by molar-refractivity contribution is 0.415. The van der Waals surface area contributed by atoms with Gasteiger partial charge in [0, 0.05) is 8.07 Å². The molecule has 0 aliphatic carbocycles. The van der Waals surface area contributed by atoms with E-state index in [0.29, 0.717) is 0 Å². The third kappa shape index (κ3) is 3.92. The molecular formula is C13H20OSi. The molecule has 0 amide bonds. The van der Waals surface area contributed by atoms with E-state index in [2.05, 4.69) is 38.4 Å². The molecule has 0 aliphatic heterocycles. The Morgan fingerprint density at radius 1 is 1.20 bits per heavy atom. The predicted molar refractivity (Wildman–Crippen MR) is 70.2 cm³/mol. The zero-order valence-electron chi connectivity index (χ0n) is 10.1. The molecule has 0 aliphatic rings. The highest BCUT2D eigenvalue weighted by atomic mass is 28.3. The molecule has 82 valence electrons. The highest BCUT2D eigenvalue weighted by Gasteiger charge is 2.15. The first-order chi connectivity index (χ1) is 6.92. The molecule has 0 unspecified atom stereocenters. The van der Waals surface area contributed by atoms with E-state index in [1.165, 1.54) is 11.1 Å². The maximum absolute atomic E-state index is 5.13. The van der Waals surface area contributed by atoms with E-state index in [-0.39, 0.29) is 0 Å². The zero-order valence-corrected chi connectivity index (χ0v) is 11.1. The van der Waals surface area contributed by atoms with E-state index in [0.717, 1.165) is 11.8 Å². The van der Waals surface area contributed by atoms with Crippen molar-refractivity contribution in [2.75, 3.05) is 7.11 Å². The fraction of sp³-hybridized carbons (Fsp3) is 0.385. The Hall–Kier alpha value is -1.02. The van der Waals surface area contributed by atoms with Crippen LogP contribution in [0.5, 0.6) is 5.75 Å². The highest BCUT2D eigenvalue weighted by molar-refractivity contribution is 6.77. The summed E-state index contributed by atoms with van der Waals surface area (Å²) in [4.78, 5) is 0. The summed E-state index contributed by atoms with van der Waals surface area (Å²) in [5.74, 6) is 0.902. The second-order valence-electron chi connectivity index (χ2n) is 5.07. The SMILES string of the molecule is C=C(C[Si](C)(C)C)c1ccc(OC)cc1. The molecule has 1 aromatic rings. The van der Waals surface area contributed by atoms with Gasteiger partial charge in [-0.2, -0.15) is 0 Å². The largest absolute Gasteiger partial charge is 0.497 e.